The lowest BCUT2D eigenvalue weighted by atomic mass is 10.1. The largest absolute Gasteiger partial charge is 0.493 e. The molecule has 1 aromatic carbocycles. The van der Waals surface area contributed by atoms with Crippen LogP contribution in [0, 0.1) is 10.1 Å². The van der Waals surface area contributed by atoms with Gasteiger partial charge in [0, 0.05) is 11.6 Å². The van der Waals surface area contributed by atoms with Crippen LogP contribution < -0.4 is 9.47 Å². The highest BCUT2D eigenvalue weighted by Gasteiger charge is 2.10. The molecule has 2 aromatic rings. The summed E-state index contributed by atoms with van der Waals surface area (Å²) in [5.41, 5.74) is 0.838. The summed E-state index contributed by atoms with van der Waals surface area (Å²) in [7, 11) is 1.46. The Hall–Kier alpha value is -3.55. The molecule has 0 amide bonds. The standard InChI is InChI=1S/C17H15NO7/c1-11(17(19)20)9-12-3-5-14(15(10-12)23-2)24-8-7-13-4-6-16(25-13)18(21)22/h3-10H,1-2H3,(H,19,20)/b8-7+,11-9+. The van der Waals surface area contributed by atoms with Gasteiger partial charge in [-0.1, -0.05) is 6.07 Å². The van der Waals surface area contributed by atoms with E-state index in [1.165, 1.54) is 44.6 Å². The van der Waals surface area contributed by atoms with Crippen LogP contribution in [0.25, 0.3) is 12.2 Å². The normalized spacial score (nSPS) is 11.5. The summed E-state index contributed by atoms with van der Waals surface area (Å²) in [4.78, 5) is 20.8. The van der Waals surface area contributed by atoms with Gasteiger partial charge in [-0.3, -0.25) is 10.1 Å². The van der Waals surface area contributed by atoms with Crippen LogP contribution in [-0.4, -0.2) is 23.1 Å². The van der Waals surface area contributed by atoms with E-state index in [0.717, 1.165) is 0 Å². The zero-order chi connectivity index (χ0) is 18.4. The SMILES string of the molecule is COc1cc(/C=C(\C)C(=O)O)ccc1O/C=C/c1ccc([N+](=O)[O-])o1. The Labute approximate surface area is 142 Å². The Kier molecular flexibility index (Phi) is 5.57. The predicted octanol–water partition coefficient (Wildman–Crippen LogP) is 3.73. The zero-order valence-electron chi connectivity index (χ0n) is 13.5. The molecule has 0 atom stereocenters. The molecular formula is C17H15NO7. The molecule has 8 nitrogen and oxygen atoms in total. The number of methoxy groups -OCH3 is 1. The van der Waals surface area contributed by atoms with E-state index in [2.05, 4.69) is 0 Å². The lowest BCUT2D eigenvalue weighted by Crippen LogP contribution is -1.96. The quantitative estimate of drug-likeness (QED) is 0.352. The number of hydrogen-bond acceptors (Lipinski definition) is 6. The number of carbonyl (C=O) groups is 1. The third-order valence-corrected chi connectivity index (χ3v) is 3.13. The van der Waals surface area contributed by atoms with E-state index in [-0.39, 0.29) is 17.2 Å². The molecule has 130 valence electrons. The maximum atomic E-state index is 10.9. The van der Waals surface area contributed by atoms with E-state index >= 15 is 0 Å². The number of nitrogens with zero attached hydrogens (tertiary/aromatic N) is 1. The maximum Gasteiger partial charge on any atom is 0.433 e. The lowest BCUT2D eigenvalue weighted by molar-refractivity contribution is -0.402. The third kappa shape index (κ3) is 4.71. The zero-order valence-corrected chi connectivity index (χ0v) is 13.5. The molecule has 25 heavy (non-hydrogen) atoms. The van der Waals surface area contributed by atoms with Crippen molar-refractivity contribution in [3.63, 3.8) is 0 Å². The van der Waals surface area contributed by atoms with Crippen LogP contribution in [0.5, 0.6) is 11.5 Å². The second-order valence-electron chi connectivity index (χ2n) is 4.90. The van der Waals surface area contributed by atoms with Crippen LogP contribution in [0.2, 0.25) is 0 Å². The van der Waals surface area contributed by atoms with Gasteiger partial charge in [0.15, 0.2) is 11.5 Å². The first-order valence-electron chi connectivity index (χ1n) is 7.08. The van der Waals surface area contributed by atoms with Gasteiger partial charge >= 0.3 is 11.9 Å². The smallest absolute Gasteiger partial charge is 0.433 e. The first kappa shape index (κ1) is 17.8. The van der Waals surface area contributed by atoms with Crippen molar-refractivity contribution in [1.29, 1.82) is 0 Å². The molecule has 8 heteroatoms. The lowest BCUT2D eigenvalue weighted by Gasteiger charge is -2.08. The number of rotatable bonds is 7. The van der Waals surface area contributed by atoms with E-state index in [1.54, 1.807) is 18.2 Å². The summed E-state index contributed by atoms with van der Waals surface area (Å²) < 4.78 is 15.6. The van der Waals surface area contributed by atoms with Crippen LogP contribution in [0.4, 0.5) is 5.88 Å². The van der Waals surface area contributed by atoms with E-state index < -0.39 is 10.9 Å². The fraction of sp³-hybridized carbons (Fsp3) is 0.118. The molecule has 0 saturated heterocycles. The Balaban J connectivity index is 2.13. The number of nitro groups is 1. The van der Waals surface area contributed by atoms with Crippen molar-refractivity contribution in [2.45, 2.75) is 6.92 Å². The molecule has 0 saturated carbocycles. The molecule has 0 aliphatic heterocycles. The molecule has 0 unspecified atom stereocenters. The second kappa shape index (κ2) is 7.82. The molecule has 0 bridgehead atoms. The summed E-state index contributed by atoms with van der Waals surface area (Å²) in [6.45, 7) is 1.49. The molecule has 0 radical (unpaired) electrons. The first-order valence-corrected chi connectivity index (χ1v) is 7.08. The molecule has 0 aliphatic rings. The number of furan rings is 1. The highest BCUT2D eigenvalue weighted by Crippen LogP contribution is 2.29. The number of aliphatic carboxylic acids is 1. The molecular weight excluding hydrogens is 330 g/mol. The van der Waals surface area contributed by atoms with Crippen LogP contribution in [-0.2, 0) is 4.79 Å². The maximum absolute atomic E-state index is 10.9. The molecule has 1 aromatic heterocycles. The summed E-state index contributed by atoms with van der Waals surface area (Å²) in [6, 6.07) is 7.61. The monoisotopic (exact) mass is 345 g/mol. The van der Waals surface area contributed by atoms with Gasteiger partial charge in [0.25, 0.3) is 0 Å². The van der Waals surface area contributed by atoms with Crippen molar-refractivity contribution in [3.8, 4) is 11.5 Å². The van der Waals surface area contributed by atoms with Gasteiger partial charge in [-0.15, -0.1) is 0 Å². The number of carboxylic acids is 1. The van der Waals surface area contributed by atoms with Crippen molar-refractivity contribution in [2.75, 3.05) is 7.11 Å². The van der Waals surface area contributed by atoms with Crippen molar-refractivity contribution >= 4 is 24.0 Å². The Morgan fingerprint density at radius 3 is 2.64 bits per heavy atom. The first-order chi connectivity index (χ1) is 11.9. The molecule has 0 fully saturated rings. The Bertz CT molecular complexity index is 848. The number of ether oxygens (including phenoxy) is 2. The fourth-order valence-electron chi connectivity index (χ4n) is 1.89. The summed E-state index contributed by atoms with van der Waals surface area (Å²) in [6.07, 6.45) is 4.24. The average Bonchev–Trinajstić information content (AvgIpc) is 3.05. The van der Waals surface area contributed by atoms with Crippen molar-refractivity contribution in [3.05, 3.63) is 63.6 Å². The predicted molar refractivity (Wildman–Crippen MR) is 89.3 cm³/mol. The summed E-state index contributed by atoms with van der Waals surface area (Å²) in [5.74, 6) is -0.300. The van der Waals surface area contributed by atoms with E-state index in [1.807, 2.05) is 0 Å². The summed E-state index contributed by atoms with van der Waals surface area (Å²) in [5, 5.41) is 19.4. The fourth-order valence-corrected chi connectivity index (χ4v) is 1.89. The van der Waals surface area contributed by atoms with Gasteiger partial charge in [-0.2, -0.15) is 0 Å². The van der Waals surface area contributed by atoms with Crippen LogP contribution >= 0.6 is 0 Å². The van der Waals surface area contributed by atoms with E-state index in [4.69, 9.17) is 19.0 Å². The third-order valence-electron chi connectivity index (χ3n) is 3.13. The minimum atomic E-state index is -1.00. The number of carboxylic acid groups (broad SMARTS) is 1. The van der Waals surface area contributed by atoms with Gasteiger partial charge < -0.3 is 19.0 Å². The van der Waals surface area contributed by atoms with Crippen LogP contribution in [0.15, 0.2) is 46.6 Å². The topological polar surface area (TPSA) is 112 Å². The van der Waals surface area contributed by atoms with E-state index in [0.29, 0.717) is 17.1 Å². The van der Waals surface area contributed by atoms with E-state index in [9.17, 15) is 14.9 Å². The van der Waals surface area contributed by atoms with Crippen LogP contribution in [0.3, 0.4) is 0 Å². The highest BCUT2D eigenvalue weighted by molar-refractivity contribution is 5.91. The molecule has 0 spiro atoms. The van der Waals surface area contributed by atoms with Crippen molar-refractivity contribution in [2.24, 2.45) is 0 Å². The molecule has 1 heterocycles. The molecule has 1 N–H and O–H groups in total. The molecule has 0 aliphatic carbocycles. The molecule has 2 rings (SSSR count). The minimum absolute atomic E-state index is 0.190. The van der Waals surface area contributed by atoms with Gasteiger partial charge in [0.2, 0.25) is 0 Å². The van der Waals surface area contributed by atoms with Crippen LogP contribution in [0.1, 0.15) is 18.2 Å². The van der Waals surface area contributed by atoms with Gasteiger partial charge in [0.05, 0.1) is 19.4 Å². The highest BCUT2D eigenvalue weighted by atomic mass is 16.6. The van der Waals surface area contributed by atoms with Gasteiger partial charge in [-0.05, 0) is 36.8 Å². The number of hydrogen-bond donors (Lipinski definition) is 1. The number of benzene rings is 1. The van der Waals surface area contributed by atoms with Gasteiger partial charge in [0.1, 0.15) is 10.7 Å². The second-order valence-corrected chi connectivity index (χ2v) is 4.90. The van der Waals surface area contributed by atoms with Crippen molar-refractivity contribution < 1.29 is 28.7 Å². The Morgan fingerprint density at radius 2 is 2.04 bits per heavy atom. The Morgan fingerprint density at radius 1 is 1.28 bits per heavy atom. The average molecular weight is 345 g/mol. The summed E-state index contributed by atoms with van der Waals surface area (Å²) >= 11 is 0. The van der Waals surface area contributed by atoms with Crippen molar-refractivity contribution in [1.82, 2.24) is 0 Å². The van der Waals surface area contributed by atoms with Gasteiger partial charge in [-0.25, -0.2) is 4.79 Å². The minimum Gasteiger partial charge on any atom is -0.493 e.